The summed E-state index contributed by atoms with van der Waals surface area (Å²) < 4.78 is 39.6. The molecule has 0 aliphatic heterocycles. The van der Waals surface area contributed by atoms with Crippen LogP contribution in [-0.2, 0) is 35.2 Å². The normalized spacial score (nSPS) is 13.5. The van der Waals surface area contributed by atoms with Crippen molar-refractivity contribution in [3.63, 3.8) is 0 Å². The molecular formula is C22H21F3N4O3S. The molecule has 174 valence electrons. The van der Waals surface area contributed by atoms with Gasteiger partial charge in [-0.15, -0.1) is 11.3 Å². The lowest BCUT2D eigenvalue weighted by Crippen LogP contribution is -2.34. The Balaban J connectivity index is 1.32. The Morgan fingerprint density at radius 1 is 1.15 bits per heavy atom. The van der Waals surface area contributed by atoms with Gasteiger partial charge in [-0.05, 0) is 49.4 Å². The van der Waals surface area contributed by atoms with E-state index in [0.717, 1.165) is 43.4 Å². The number of hydrogen-bond acceptors (Lipinski definition) is 5. The monoisotopic (exact) mass is 478 g/mol. The Hall–Kier alpha value is -3.21. The van der Waals surface area contributed by atoms with Crippen LogP contribution in [0, 0.1) is 0 Å². The van der Waals surface area contributed by atoms with Crippen LogP contribution in [0.5, 0.6) is 0 Å². The summed E-state index contributed by atoms with van der Waals surface area (Å²) in [6, 6.07) is 4.31. The van der Waals surface area contributed by atoms with Crippen molar-refractivity contribution in [2.75, 3.05) is 11.9 Å². The first-order chi connectivity index (χ1) is 15.7. The molecular weight excluding hydrogens is 457 g/mol. The van der Waals surface area contributed by atoms with E-state index in [1.165, 1.54) is 39.2 Å². The van der Waals surface area contributed by atoms with E-state index in [2.05, 4.69) is 15.6 Å². The van der Waals surface area contributed by atoms with E-state index in [1.54, 1.807) is 0 Å². The number of nitrogens with one attached hydrogen (secondary N) is 2. The van der Waals surface area contributed by atoms with Crippen molar-refractivity contribution >= 4 is 39.1 Å². The van der Waals surface area contributed by atoms with Crippen LogP contribution in [0.25, 0.3) is 10.2 Å². The molecule has 1 aromatic carbocycles. The standard InChI is InChI=1S/C22H21F3N4O3S/c23-22(24,25)13-4-3-5-14(10-13)28-17(30)8-9-26-18(31)11-29-12-27-20-19(21(29)32)15-6-1-2-7-16(15)33-20/h3-5,10,12H,1-2,6-9,11H2,(H,26,31)(H,28,30). The van der Waals surface area contributed by atoms with E-state index >= 15 is 0 Å². The number of carbonyl (C=O) groups excluding carboxylic acids is 2. The van der Waals surface area contributed by atoms with Crippen LogP contribution in [0.1, 0.15) is 35.3 Å². The zero-order valence-electron chi connectivity index (χ0n) is 17.5. The fourth-order valence-corrected chi connectivity index (χ4v) is 5.04. The van der Waals surface area contributed by atoms with Crippen LogP contribution < -0.4 is 16.2 Å². The summed E-state index contributed by atoms with van der Waals surface area (Å²) >= 11 is 1.53. The topological polar surface area (TPSA) is 93.1 Å². The van der Waals surface area contributed by atoms with Crippen LogP contribution in [0.3, 0.4) is 0 Å². The van der Waals surface area contributed by atoms with Crippen molar-refractivity contribution < 1.29 is 22.8 Å². The van der Waals surface area contributed by atoms with Gasteiger partial charge in [-0.2, -0.15) is 13.2 Å². The van der Waals surface area contributed by atoms with Gasteiger partial charge >= 0.3 is 6.18 Å². The number of benzene rings is 1. The minimum atomic E-state index is -4.51. The predicted molar refractivity (Wildman–Crippen MR) is 118 cm³/mol. The first-order valence-electron chi connectivity index (χ1n) is 10.5. The SMILES string of the molecule is O=C(Cn1cnc2sc3c(c2c1=O)CCCC3)NCCC(=O)Nc1cccc(C(F)(F)F)c1. The fourth-order valence-electron chi connectivity index (χ4n) is 3.82. The van der Waals surface area contributed by atoms with E-state index in [4.69, 9.17) is 0 Å². The number of thiophene rings is 1. The van der Waals surface area contributed by atoms with Crippen molar-refractivity contribution in [2.24, 2.45) is 0 Å². The summed E-state index contributed by atoms with van der Waals surface area (Å²) in [5, 5.41) is 5.52. The van der Waals surface area contributed by atoms with E-state index in [1.807, 2.05) is 0 Å². The van der Waals surface area contributed by atoms with Gasteiger partial charge in [0.05, 0.1) is 17.3 Å². The molecule has 4 rings (SSSR count). The second-order valence-electron chi connectivity index (χ2n) is 7.80. The number of alkyl halides is 3. The number of nitrogens with zero attached hydrogens (tertiary/aromatic N) is 2. The molecule has 1 aliphatic carbocycles. The number of amides is 2. The van der Waals surface area contributed by atoms with E-state index in [0.29, 0.717) is 10.2 Å². The van der Waals surface area contributed by atoms with Crippen LogP contribution in [0.15, 0.2) is 35.4 Å². The molecule has 0 radical (unpaired) electrons. The fraction of sp³-hybridized carbons (Fsp3) is 0.364. The van der Waals surface area contributed by atoms with Gasteiger partial charge in [0.2, 0.25) is 11.8 Å². The highest BCUT2D eigenvalue weighted by molar-refractivity contribution is 7.18. The summed E-state index contributed by atoms with van der Waals surface area (Å²) in [5.41, 5.74) is -0.0562. The molecule has 0 spiro atoms. The average Bonchev–Trinajstić information content (AvgIpc) is 3.14. The molecule has 0 atom stereocenters. The Labute approximate surface area is 190 Å². The summed E-state index contributed by atoms with van der Waals surface area (Å²) in [6.07, 6.45) is 0.613. The van der Waals surface area contributed by atoms with Crippen molar-refractivity contribution in [1.82, 2.24) is 14.9 Å². The summed E-state index contributed by atoms with van der Waals surface area (Å²) in [6.45, 7) is -0.260. The molecule has 7 nitrogen and oxygen atoms in total. The molecule has 2 N–H and O–H groups in total. The lowest BCUT2D eigenvalue weighted by atomic mass is 9.97. The van der Waals surface area contributed by atoms with Crippen LogP contribution in [-0.4, -0.2) is 27.9 Å². The Bertz CT molecular complexity index is 1270. The number of fused-ring (bicyclic) bond motifs is 3. The lowest BCUT2D eigenvalue weighted by molar-refractivity contribution is -0.137. The Morgan fingerprint density at radius 2 is 1.94 bits per heavy atom. The highest BCUT2D eigenvalue weighted by Crippen LogP contribution is 2.33. The van der Waals surface area contributed by atoms with Gasteiger partial charge in [0.25, 0.3) is 5.56 Å². The summed E-state index contributed by atoms with van der Waals surface area (Å²) in [5.74, 6) is -1.01. The molecule has 0 saturated heterocycles. The lowest BCUT2D eigenvalue weighted by Gasteiger charge is -2.11. The number of aromatic nitrogens is 2. The Kier molecular flexibility index (Phi) is 6.50. The molecule has 11 heteroatoms. The second-order valence-corrected chi connectivity index (χ2v) is 8.88. The number of carbonyl (C=O) groups is 2. The maximum Gasteiger partial charge on any atom is 0.416 e. The van der Waals surface area contributed by atoms with Crippen LogP contribution in [0.4, 0.5) is 18.9 Å². The molecule has 1 aliphatic rings. The predicted octanol–water partition coefficient (Wildman–Crippen LogP) is 3.50. The van der Waals surface area contributed by atoms with Crippen molar-refractivity contribution in [3.8, 4) is 0 Å². The van der Waals surface area contributed by atoms with Gasteiger partial charge in [0.1, 0.15) is 11.4 Å². The zero-order chi connectivity index (χ0) is 23.6. The quantitative estimate of drug-likeness (QED) is 0.567. The highest BCUT2D eigenvalue weighted by Gasteiger charge is 2.30. The first-order valence-corrected chi connectivity index (χ1v) is 11.3. The molecule has 0 fully saturated rings. The zero-order valence-corrected chi connectivity index (χ0v) is 18.3. The van der Waals surface area contributed by atoms with E-state index in [-0.39, 0.29) is 30.8 Å². The average molecular weight is 478 g/mol. The third-order valence-corrected chi connectivity index (χ3v) is 6.60. The van der Waals surface area contributed by atoms with Gasteiger partial charge in [-0.25, -0.2) is 4.98 Å². The largest absolute Gasteiger partial charge is 0.416 e. The van der Waals surface area contributed by atoms with Crippen molar-refractivity contribution in [3.05, 3.63) is 57.0 Å². The van der Waals surface area contributed by atoms with Gasteiger partial charge in [-0.3, -0.25) is 19.0 Å². The van der Waals surface area contributed by atoms with Gasteiger partial charge in [-0.1, -0.05) is 6.07 Å². The number of halogens is 3. The molecule has 0 saturated carbocycles. The molecule has 2 amide bonds. The smallest absolute Gasteiger partial charge is 0.354 e. The molecule has 2 heterocycles. The molecule has 0 bridgehead atoms. The summed E-state index contributed by atoms with van der Waals surface area (Å²) in [7, 11) is 0. The van der Waals surface area contributed by atoms with Gasteiger partial charge < -0.3 is 10.6 Å². The third kappa shape index (κ3) is 5.24. The van der Waals surface area contributed by atoms with E-state index < -0.39 is 23.6 Å². The first kappa shape index (κ1) is 23.0. The third-order valence-electron chi connectivity index (χ3n) is 5.40. The van der Waals surface area contributed by atoms with Crippen molar-refractivity contribution in [1.29, 1.82) is 0 Å². The number of rotatable bonds is 6. The van der Waals surface area contributed by atoms with Crippen molar-refractivity contribution in [2.45, 2.75) is 44.8 Å². The minimum absolute atomic E-state index is 0.0196. The molecule has 3 aromatic rings. The van der Waals surface area contributed by atoms with Crippen LogP contribution in [0.2, 0.25) is 0 Å². The van der Waals surface area contributed by atoms with Gasteiger partial charge in [0, 0.05) is 23.5 Å². The minimum Gasteiger partial charge on any atom is -0.354 e. The molecule has 0 unspecified atom stereocenters. The Morgan fingerprint density at radius 3 is 2.73 bits per heavy atom. The highest BCUT2D eigenvalue weighted by atomic mass is 32.1. The van der Waals surface area contributed by atoms with Gasteiger partial charge in [0.15, 0.2) is 0 Å². The van der Waals surface area contributed by atoms with E-state index in [9.17, 15) is 27.6 Å². The number of anilines is 1. The molecule has 33 heavy (non-hydrogen) atoms. The number of hydrogen-bond donors (Lipinski definition) is 2. The maximum atomic E-state index is 12.9. The second kappa shape index (κ2) is 9.34. The number of aryl methyl sites for hydroxylation is 2. The molecule has 2 aromatic heterocycles. The maximum absolute atomic E-state index is 12.9. The summed E-state index contributed by atoms with van der Waals surface area (Å²) in [4.78, 5) is 43.4. The van der Waals surface area contributed by atoms with Crippen LogP contribution >= 0.6 is 11.3 Å².